The van der Waals surface area contributed by atoms with Gasteiger partial charge in [0.05, 0.1) is 0 Å². The number of unbranched alkanes of at least 4 members (excludes halogenated alkanes) is 4. The van der Waals surface area contributed by atoms with Crippen molar-refractivity contribution in [1.29, 1.82) is 0 Å². The minimum absolute atomic E-state index is 1.22. The Kier molecular flexibility index (Phi) is 12.0. The molecule has 0 amide bonds. The van der Waals surface area contributed by atoms with E-state index in [2.05, 4.69) is 34.2 Å². The molecule has 80 valence electrons. The van der Waals surface area contributed by atoms with Crippen molar-refractivity contribution in [1.82, 2.24) is 0 Å². The number of hydrogen-bond donors (Lipinski definition) is 0. The molecule has 14 heavy (non-hydrogen) atoms. The van der Waals surface area contributed by atoms with E-state index < -0.39 is 17.8 Å². The van der Waals surface area contributed by atoms with Gasteiger partial charge in [-0.3, -0.25) is 0 Å². The first-order chi connectivity index (χ1) is 6.81. The Labute approximate surface area is 99.4 Å². The third kappa shape index (κ3) is 10.6. The van der Waals surface area contributed by atoms with Gasteiger partial charge in [0.1, 0.15) is 0 Å². The fraction of sp³-hybridized carbons (Fsp3) is 0.667. The standard InChI is InChI=1S/2C6H11.S.Sn/c2*1-3-5-6-4-2;;/h2*1,3H,4-6H2,2H3;;. The number of allylic oxidation sites excluding steroid dienone is 2. The van der Waals surface area contributed by atoms with Crippen molar-refractivity contribution in [2.75, 3.05) is 0 Å². The van der Waals surface area contributed by atoms with Crippen molar-refractivity contribution >= 4 is 27.1 Å². The predicted molar refractivity (Wildman–Crippen MR) is 70.7 cm³/mol. The van der Waals surface area contributed by atoms with Gasteiger partial charge >= 0.3 is 99.8 Å². The third-order valence-corrected chi connectivity index (χ3v) is 7.06. The molecule has 0 aliphatic heterocycles. The number of hydrogen-bond acceptors (Lipinski definition) is 1. The van der Waals surface area contributed by atoms with Crippen LogP contribution in [0.25, 0.3) is 0 Å². The van der Waals surface area contributed by atoms with Crippen LogP contribution in [0.1, 0.15) is 52.4 Å². The Morgan fingerprint density at radius 1 is 0.929 bits per heavy atom. The normalized spacial score (nSPS) is 11.6. The molecule has 0 aromatic heterocycles. The SMILES string of the molecule is CCCCC=[CH][Sn](=[S])[CH]=CCCCC. The monoisotopic (exact) mass is 318 g/mol. The Balaban J connectivity index is 3.53. The van der Waals surface area contributed by atoms with Crippen molar-refractivity contribution in [3.05, 3.63) is 20.3 Å². The molecule has 0 aromatic carbocycles. The molecule has 0 rings (SSSR count). The van der Waals surface area contributed by atoms with Gasteiger partial charge in [0, 0.05) is 0 Å². The molecule has 0 saturated heterocycles. The van der Waals surface area contributed by atoms with Crippen LogP contribution < -0.4 is 0 Å². The predicted octanol–water partition coefficient (Wildman–Crippen LogP) is 4.75. The molecule has 0 radical (unpaired) electrons. The van der Waals surface area contributed by atoms with E-state index in [-0.39, 0.29) is 0 Å². The van der Waals surface area contributed by atoms with Crippen molar-refractivity contribution < 1.29 is 0 Å². The first-order valence-corrected chi connectivity index (χ1v) is 12.9. The molecule has 0 N–H and O–H groups in total. The van der Waals surface area contributed by atoms with E-state index in [0.29, 0.717) is 0 Å². The van der Waals surface area contributed by atoms with Crippen LogP contribution in [-0.2, 0) is 0 Å². The molecule has 0 unspecified atom stereocenters. The van der Waals surface area contributed by atoms with Gasteiger partial charge in [-0.05, 0) is 0 Å². The summed E-state index contributed by atoms with van der Waals surface area (Å²) in [4.78, 5) is 0. The van der Waals surface area contributed by atoms with E-state index in [9.17, 15) is 0 Å². The van der Waals surface area contributed by atoms with E-state index in [4.69, 9.17) is 9.29 Å². The molecule has 2 heteroatoms. The van der Waals surface area contributed by atoms with Crippen LogP contribution in [0, 0.1) is 0 Å². The van der Waals surface area contributed by atoms with Gasteiger partial charge in [-0.1, -0.05) is 0 Å². The Hall–Kier alpha value is 0.499. The Bertz CT molecular complexity index is 174. The number of rotatable bonds is 8. The molecule has 0 nitrogen and oxygen atoms in total. The summed E-state index contributed by atoms with van der Waals surface area (Å²) < 4.78 is 4.66. The van der Waals surface area contributed by atoms with Crippen LogP contribution in [0.15, 0.2) is 20.3 Å². The zero-order chi connectivity index (χ0) is 10.6. The van der Waals surface area contributed by atoms with Crippen molar-refractivity contribution in [2.24, 2.45) is 0 Å². The molecular weight excluding hydrogens is 295 g/mol. The maximum atomic E-state index is 5.46. The van der Waals surface area contributed by atoms with Crippen molar-refractivity contribution in [3.8, 4) is 0 Å². The minimum atomic E-state index is -1.59. The summed E-state index contributed by atoms with van der Waals surface area (Å²) in [6, 6.07) is 0. The molecule has 0 aromatic rings. The van der Waals surface area contributed by atoms with Gasteiger partial charge in [0.2, 0.25) is 0 Å². The van der Waals surface area contributed by atoms with E-state index in [1.54, 1.807) is 0 Å². The van der Waals surface area contributed by atoms with Crippen LogP contribution in [0.2, 0.25) is 0 Å². The average Bonchev–Trinajstić information content (AvgIpc) is 2.19. The fourth-order valence-electron chi connectivity index (χ4n) is 1.10. The third-order valence-electron chi connectivity index (χ3n) is 2.01. The van der Waals surface area contributed by atoms with Crippen LogP contribution in [-0.4, -0.2) is 17.8 Å². The Morgan fingerprint density at radius 2 is 1.36 bits per heavy atom. The second-order valence-electron chi connectivity index (χ2n) is 3.49. The molecular formula is C12H22SSn. The summed E-state index contributed by atoms with van der Waals surface area (Å²) in [5.74, 6) is 0. The first-order valence-electron chi connectivity index (χ1n) is 5.68. The van der Waals surface area contributed by atoms with E-state index in [1.165, 1.54) is 38.5 Å². The molecule has 0 fully saturated rings. The summed E-state index contributed by atoms with van der Waals surface area (Å²) in [6.07, 6.45) is 12.2. The first kappa shape index (κ1) is 14.5. The zero-order valence-electron chi connectivity index (χ0n) is 9.46. The fourth-order valence-corrected chi connectivity index (χ4v) is 4.98. The molecule has 0 atom stereocenters. The van der Waals surface area contributed by atoms with Gasteiger partial charge in [-0.25, -0.2) is 0 Å². The van der Waals surface area contributed by atoms with Gasteiger partial charge in [0.15, 0.2) is 0 Å². The second-order valence-corrected chi connectivity index (χ2v) is 10.9. The molecule has 0 aliphatic rings. The molecule has 0 heterocycles. The van der Waals surface area contributed by atoms with Crippen LogP contribution in [0.3, 0.4) is 0 Å². The zero-order valence-corrected chi connectivity index (χ0v) is 13.1. The van der Waals surface area contributed by atoms with Gasteiger partial charge < -0.3 is 0 Å². The molecule has 0 saturated carbocycles. The molecule has 0 bridgehead atoms. The van der Waals surface area contributed by atoms with Crippen LogP contribution in [0.5, 0.6) is 0 Å². The molecule has 0 aliphatic carbocycles. The summed E-state index contributed by atoms with van der Waals surface area (Å²) in [6.45, 7) is 4.46. The average molecular weight is 317 g/mol. The topological polar surface area (TPSA) is 0 Å². The summed E-state index contributed by atoms with van der Waals surface area (Å²) in [5.41, 5.74) is 0. The maximum absolute atomic E-state index is 5.46. The van der Waals surface area contributed by atoms with Crippen LogP contribution >= 0.6 is 9.29 Å². The summed E-state index contributed by atoms with van der Waals surface area (Å²) in [7, 11) is 5.46. The van der Waals surface area contributed by atoms with E-state index in [0.717, 1.165) is 0 Å². The quantitative estimate of drug-likeness (QED) is 0.460. The van der Waals surface area contributed by atoms with Gasteiger partial charge in [-0.15, -0.1) is 0 Å². The summed E-state index contributed by atoms with van der Waals surface area (Å²) >= 11 is -1.59. The van der Waals surface area contributed by atoms with Gasteiger partial charge in [0.25, 0.3) is 0 Å². The second kappa shape index (κ2) is 11.6. The molecule has 0 spiro atoms. The van der Waals surface area contributed by atoms with Crippen molar-refractivity contribution in [2.45, 2.75) is 52.4 Å². The summed E-state index contributed by atoms with van der Waals surface area (Å²) in [5, 5.41) is 0. The van der Waals surface area contributed by atoms with E-state index >= 15 is 0 Å². The van der Waals surface area contributed by atoms with E-state index in [1.807, 2.05) is 0 Å². The Morgan fingerprint density at radius 3 is 1.71 bits per heavy atom. The van der Waals surface area contributed by atoms with Gasteiger partial charge in [-0.2, -0.15) is 0 Å². The van der Waals surface area contributed by atoms with Crippen LogP contribution in [0.4, 0.5) is 0 Å². The van der Waals surface area contributed by atoms with Crippen molar-refractivity contribution in [3.63, 3.8) is 0 Å².